The Morgan fingerprint density at radius 1 is 1.38 bits per heavy atom. The first-order valence-corrected chi connectivity index (χ1v) is 4.48. The zero-order valence-corrected chi connectivity index (χ0v) is 8.66. The van der Waals surface area contributed by atoms with Gasteiger partial charge in [-0.3, -0.25) is 0 Å². The molecule has 0 spiro atoms. The lowest BCUT2D eigenvalue weighted by Gasteiger charge is -2.01. The second-order valence-electron chi connectivity index (χ2n) is 2.88. The van der Waals surface area contributed by atoms with Crippen molar-refractivity contribution in [3.05, 3.63) is 48.8 Å². The fourth-order valence-corrected chi connectivity index (χ4v) is 0.737. The van der Waals surface area contributed by atoms with Gasteiger partial charge in [-0.1, -0.05) is 30.9 Å². The number of hydrogen-bond acceptors (Lipinski definition) is 1. The molecule has 72 valence electrons. The second kappa shape index (κ2) is 7.41. The molecule has 0 amide bonds. The predicted molar refractivity (Wildman–Crippen MR) is 58.5 cm³/mol. The Hall–Kier alpha value is -1.24. The van der Waals surface area contributed by atoms with E-state index in [1.54, 1.807) is 12.3 Å². The van der Waals surface area contributed by atoms with E-state index in [9.17, 15) is 0 Å². The van der Waals surface area contributed by atoms with Crippen LogP contribution in [-0.4, -0.2) is 6.10 Å². The molecule has 0 rings (SSSR count). The molecular formula is C12H18O. The van der Waals surface area contributed by atoms with Crippen LogP contribution in [0.15, 0.2) is 48.8 Å². The van der Waals surface area contributed by atoms with Gasteiger partial charge in [0, 0.05) is 0 Å². The van der Waals surface area contributed by atoms with E-state index in [1.165, 1.54) is 0 Å². The van der Waals surface area contributed by atoms with Gasteiger partial charge < -0.3 is 4.74 Å². The molecule has 0 bridgehead atoms. The monoisotopic (exact) mass is 178 g/mol. The maximum Gasteiger partial charge on any atom is 0.0922 e. The molecule has 0 aliphatic rings. The van der Waals surface area contributed by atoms with Gasteiger partial charge in [0.25, 0.3) is 0 Å². The predicted octanol–water partition coefficient (Wildman–Crippen LogP) is 3.61. The van der Waals surface area contributed by atoms with E-state index in [4.69, 9.17) is 4.74 Å². The Morgan fingerprint density at radius 2 is 2.08 bits per heavy atom. The van der Waals surface area contributed by atoms with Crippen LogP contribution >= 0.6 is 0 Å². The zero-order valence-electron chi connectivity index (χ0n) is 8.66. The summed E-state index contributed by atoms with van der Waals surface area (Å²) in [7, 11) is 0. The summed E-state index contributed by atoms with van der Waals surface area (Å²) in [5.41, 5.74) is 1.08. The molecule has 13 heavy (non-hydrogen) atoms. The standard InChI is InChI=1S/C12H18O/c1-5-8-12(6-2)9-7-10-13-11(3)4/h5-11H,2H2,1,3-4H3/b8-5-,10-7+,12-9-. The van der Waals surface area contributed by atoms with Crippen molar-refractivity contribution < 1.29 is 4.74 Å². The zero-order chi connectivity index (χ0) is 10.1. The Bertz CT molecular complexity index is 219. The van der Waals surface area contributed by atoms with Crippen LogP contribution in [-0.2, 0) is 4.74 Å². The molecule has 0 aromatic rings. The highest BCUT2D eigenvalue weighted by Gasteiger charge is 1.84. The molecule has 0 radical (unpaired) electrons. The smallest absolute Gasteiger partial charge is 0.0922 e. The number of allylic oxidation sites excluding steroid dienone is 6. The molecule has 1 nitrogen and oxygen atoms in total. The summed E-state index contributed by atoms with van der Waals surface area (Å²) in [5, 5.41) is 0. The molecule has 0 heterocycles. The van der Waals surface area contributed by atoms with Gasteiger partial charge in [0.05, 0.1) is 12.4 Å². The third-order valence-corrected chi connectivity index (χ3v) is 1.31. The Labute approximate surface area is 81.1 Å². The van der Waals surface area contributed by atoms with Gasteiger partial charge >= 0.3 is 0 Å². The van der Waals surface area contributed by atoms with Gasteiger partial charge in [-0.2, -0.15) is 0 Å². The van der Waals surface area contributed by atoms with Gasteiger partial charge in [-0.05, 0) is 32.4 Å². The highest BCUT2D eigenvalue weighted by Crippen LogP contribution is 1.98. The highest BCUT2D eigenvalue weighted by molar-refractivity contribution is 5.31. The van der Waals surface area contributed by atoms with E-state index in [0.29, 0.717) is 0 Å². The summed E-state index contributed by atoms with van der Waals surface area (Å²) in [5.74, 6) is 0. The Balaban J connectivity index is 4.05. The van der Waals surface area contributed by atoms with Crippen LogP contribution in [0.3, 0.4) is 0 Å². The molecule has 0 unspecified atom stereocenters. The van der Waals surface area contributed by atoms with E-state index in [1.807, 2.05) is 45.1 Å². The molecule has 0 atom stereocenters. The van der Waals surface area contributed by atoms with Crippen LogP contribution in [0.4, 0.5) is 0 Å². The first-order valence-electron chi connectivity index (χ1n) is 4.48. The largest absolute Gasteiger partial charge is 0.499 e. The van der Waals surface area contributed by atoms with Gasteiger partial charge in [-0.25, -0.2) is 0 Å². The van der Waals surface area contributed by atoms with Crippen molar-refractivity contribution in [2.24, 2.45) is 0 Å². The van der Waals surface area contributed by atoms with Crippen molar-refractivity contribution in [3.8, 4) is 0 Å². The average molecular weight is 178 g/mol. The van der Waals surface area contributed by atoms with Crippen LogP contribution in [0.5, 0.6) is 0 Å². The highest BCUT2D eigenvalue weighted by atomic mass is 16.5. The minimum atomic E-state index is 0.235. The second-order valence-corrected chi connectivity index (χ2v) is 2.88. The first kappa shape index (κ1) is 11.8. The van der Waals surface area contributed by atoms with Gasteiger partial charge in [-0.15, -0.1) is 0 Å². The molecule has 0 aliphatic carbocycles. The van der Waals surface area contributed by atoms with Crippen molar-refractivity contribution in [1.82, 2.24) is 0 Å². The lowest BCUT2D eigenvalue weighted by Crippen LogP contribution is -1.94. The van der Waals surface area contributed by atoms with Crippen LogP contribution in [0.1, 0.15) is 20.8 Å². The van der Waals surface area contributed by atoms with Crippen LogP contribution in [0, 0.1) is 0 Å². The van der Waals surface area contributed by atoms with Crippen molar-refractivity contribution >= 4 is 0 Å². The fraction of sp³-hybridized carbons (Fsp3) is 0.333. The SMILES string of the molecule is C=CC(/C=C\C)=C/C=C/OC(C)C. The van der Waals surface area contributed by atoms with Crippen LogP contribution < -0.4 is 0 Å². The maximum atomic E-state index is 5.23. The van der Waals surface area contributed by atoms with Crippen LogP contribution in [0.2, 0.25) is 0 Å². The van der Waals surface area contributed by atoms with E-state index < -0.39 is 0 Å². The van der Waals surface area contributed by atoms with Gasteiger partial charge in [0.2, 0.25) is 0 Å². The summed E-state index contributed by atoms with van der Waals surface area (Å²) in [6.07, 6.45) is 11.5. The third kappa shape index (κ3) is 7.13. The van der Waals surface area contributed by atoms with Gasteiger partial charge in [0.15, 0.2) is 0 Å². The minimum Gasteiger partial charge on any atom is -0.499 e. The summed E-state index contributed by atoms with van der Waals surface area (Å²) < 4.78 is 5.23. The summed E-state index contributed by atoms with van der Waals surface area (Å²) in [4.78, 5) is 0. The van der Waals surface area contributed by atoms with Crippen molar-refractivity contribution in [1.29, 1.82) is 0 Å². The molecular weight excluding hydrogens is 160 g/mol. The van der Waals surface area contributed by atoms with E-state index in [-0.39, 0.29) is 6.10 Å². The van der Waals surface area contributed by atoms with Gasteiger partial charge in [0.1, 0.15) is 0 Å². The molecule has 0 aliphatic heterocycles. The Morgan fingerprint density at radius 3 is 2.54 bits per heavy atom. The molecule has 0 N–H and O–H groups in total. The van der Waals surface area contributed by atoms with Crippen molar-refractivity contribution in [2.75, 3.05) is 0 Å². The number of rotatable bonds is 5. The Kier molecular flexibility index (Phi) is 6.70. The van der Waals surface area contributed by atoms with E-state index in [0.717, 1.165) is 5.57 Å². The quantitative estimate of drug-likeness (QED) is 0.461. The topological polar surface area (TPSA) is 9.23 Å². The van der Waals surface area contributed by atoms with Crippen molar-refractivity contribution in [3.63, 3.8) is 0 Å². The number of ether oxygens (including phenoxy) is 1. The lowest BCUT2D eigenvalue weighted by molar-refractivity contribution is 0.179. The van der Waals surface area contributed by atoms with E-state index >= 15 is 0 Å². The molecule has 0 aromatic heterocycles. The lowest BCUT2D eigenvalue weighted by atomic mass is 10.2. The summed E-state index contributed by atoms with van der Waals surface area (Å²) in [6.45, 7) is 9.67. The molecule has 1 heteroatoms. The third-order valence-electron chi connectivity index (χ3n) is 1.31. The molecule has 0 saturated carbocycles. The first-order chi connectivity index (χ1) is 6.20. The molecule has 0 aromatic carbocycles. The summed E-state index contributed by atoms with van der Waals surface area (Å²) in [6, 6.07) is 0. The maximum absolute atomic E-state index is 5.23. The average Bonchev–Trinajstić information content (AvgIpc) is 2.10. The summed E-state index contributed by atoms with van der Waals surface area (Å²) >= 11 is 0. The minimum absolute atomic E-state index is 0.235. The van der Waals surface area contributed by atoms with E-state index in [2.05, 4.69) is 6.58 Å². The van der Waals surface area contributed by atoms with Crippen LogP contribution in [0.25, 0.3) is 0 Å². The number of hydrogen-bond donors (Lipinski definition) is 0. The molecule has 0 fully saturated rings. The fourth-order valence-electron chi connectivity index (χ4n) is 0.737. The molecule has 0 saturated heterocycles. The van der Waals surface area contributed by atoms with Crippen molar-refractivity contribution in [2.45, 2.75) is 26.9 Å². The normalized spacial score (nSPS) is 13.1.